The number of nitrogens with one attached hydrogen (secondary N) is 1. The number of benzene rings is 2. The molecular formula is C19H17FN4OS. The zero-order valence-electron chi connectivity index (χ0n) is 14.1. The zero-order chi connectivity index (χ0) is 18.1. The monoisotopic (exact) mass is 368 g/mol. The van der Waals surface area contributed by atoms with Gasteiger partial charge >= 0.3 is 0 Å². The second-order valence-corrected chi connectivity index (χ2v) is 7.38. The normalized spacial score (nSPS) is 14.3. The maximum Gasteiger partial charge on any atom is 0.240 e. The van der Waals surface area contributed by atoms with E-state index in [2.05, 4.69) is 21.2 Å². The van der Waals surface area contributed by atoms with Crippen molar-refractivity contribution < 1.29 is 9.18 Å². The summed E-state index contributed by atoms with van der Waals surface area (Å²) in [7, 11) is 0. The molecule has 7 heteroatoms. The summed E-state index contributed by atoms with van der Waals surface area (Å²) in [6, 6.07) is 14.3. The summed E-state index contributed by atoms with van der Waals surface area (Å²) in [6.45, 7) is 2.53. The number of H-pyrrole nitrogens is 1. The fourth-order valence-electron chi connectivity index (χ4n) is 3.07. The van der Waals surface area contributed by atoms with Crippen LogP contribution in [0.4, 0.5) is 10.1 Å². The molecule has 5 nitrogen and oxygen atoms in total. The van der Waals surface area contributed by atoms with Gasteiger partial charge in [-0.15, -0.1) is 5.10 Å². The number of rotatable bonds is 4. The van der Waals surface area contributed by atoms with E-state index in [1.807, 2.05) is 30.0 Å². The molecule has 0 fully saturated rings. The predicted molar refractivity (Wildman–Crippen MR) is 99.6 cm³/mol. The molecule has 1 N–H and O–H groups in total. The molecule has 1 atom stereocenters. The summed E-state index contributed by atoms with van der Waals surface area (Å²) in [5.74, 6) is 0.0203. The van der Waals surface area contributed by atoms with Crippen LogP contribution in [-0.2, 0) is 11.2 Å². The number of halogens is 1. The number of hydrogen-bond acceptors (Lipinski definition) is 4. The van der Waals surface area contributed by atoms with Gasteiger partial charge in [-0.3, -0.25) is 9.89 Å². The van der Waals surface area contributed by atoms with Crippen molar-refractivity contribution in [3.63, 3.8) is 0 Å². The Labute approximate surface area is 154 Å². The average Bonchev–Trinajstić information content (AvgIpc) is 3.28. The first-order valence-electron chi connectivity index (χ1n) is 8.37. The summed E-state index contributed by atoms with van der Waals surface area (Å²) < 4.78 is 13.9. The third-order valence-electron chi connectivity index (χ3n) is 4.38. The van der Waals surface area contributed by atoms with Crippen LogP contribution in [0.15, 0.2) is 53.7 Å². The van der Waals surface area contributed by atoms with E-state index >= 15 is 0 Å². The average molecular weight is 368 g/mol. The Balaban J connectivity index is 1.48. The smallest absolute Gasteiger partial charge is 0.240 e. The van der Waals surface area contributed by atoms with E-state index in [-0.39, 0.29) is 17.0 Å². The van der Waals surface area contributed by atoms with E-state index in [0.717, 1.165) is 12.1 Å². The van der Waals surface area contributed by atoms with Crippen LogP contribution >= 0.6 is 11.8 Å². The molecule has 3 aromatic rings. The highest BCUT2D eigenvalue weighted by molar-refractivity contribution is 8.00. The largest absolute Gasteiger partial charge is 0.311 e. The molecule has 2 heterocycles. The SMILES string of the molecule is CC(Sc1n[nH]c(-c2ccccc2F)n1)C(=O)N1CCc2ccccc21. The molecule has 26 heavy (non-hydrogen) atoms. The van der Waals surface area contributed by atoms with Crippen LogP contribution in [0, 0.1) is 5.82 Å². The zero-order valence-corrected chi connectivity index (χ0v) is 15.0. The summed E-state index contributed by atoms with van der Waals surface area (Å²) in [6.07, 6.45) is 0.872. The van der Waals surface area contributed by atoms with Crippen LogP contribution < -0.4 is 4.90 Å². The third-order valence-corrected chi connectivity index (χ3v) is 5.33. The standard InChI is InChI=1S/C19H17FN4OS/c1-12(18(25)24-11-10-13-6-2-5-9-16(13)24)26-19-21-17(22-23-19)14-7-3-4-8-15(14)20/h2-9,12H,10-11H2,1H3,(H,21,22,23). The van der Waals surface area contributed by atoms with E-state index in [0.29, 0.717) is 23.1 Å². The van der Waals surface area contributed by atoms with Gasteiger partial charge in [0.1, 0.15) is 5.82 Å². The van der Waals surface area contributed by atoms with Crippen LogP contribution in [0.1, 0.15) is 12.5 Å². The van der Waals surface area contributed by atoms with Crippen LogP contribution in [0.3, 0.4) is 0 Å². The maximum absolute atomic E-state index is 13.9. The number of thioether (sulfide) groups is 1. The third kappa shape index (κ3) is 3.10. The minimum absolute atomic E-state index is 0.0252. The van der Waals surface area contributed by atoms with E-state index < -0.39 is 0 Å². The van der Waals surface area contributed by atoms with E-state index in [9.17, 15) is 9.18 Å². The van der Waals surface area contributed by atoms with Gasteiger partial charge in [0, 0.05) is 12.2 Å². The Hall–Kier alpha value is -2.67. The fourth-order valence-corrected chi connectivity index (χ4v) is 3.85. The van der Waals surface area contributed by atoms with Crippen LogP contribution in [0.25, 0.3) is 11.4 Å². The number of aromatic nitrogens is 3. The number of nitrogens with zero attached hydrogens (tertiary/aromatic N) is 3. The Morgan fingerprint density at radius 2 is 2.00 bits per heavy atom. The lowest BCUT2D eigenvalue weighted by Gasteiger charge is -2.20. The molecule has 1 aromatic heterocycles. The highest BCUT2D eigenvalue weighted by Crippen LogP contribution is 2.31. The molecule has 132 valence electrons. The first kappa shape index (κ1) is 16.8. The molecule has 0 spiro atoms. The second-order valence-electron chi connectivity index (χ2n) is 6.08. The van der Waals surface area contributed by atoms with Crippen molar-refractivity contribution in [1.29, 1.82) is 0 Å². The van der Waals surface area contributed by atoms with Crippen molar-refractivity contribution in [3.8, 4) is 11.4 Å². The predicted octanol–water partition coefficient (Wildman–Crippen LogP) is 3.68. The van der Waals surface area contributed by atoms with Crippen molar-refractivity contribution in [3.05, 3.63) is 59.9 Å². The summed E-state index contributed by atoms with van der Waals surface area (Å²) >= 11 is 1.27. The number of para-hydroxylation sites is 1. The Kier molecular flexibility index (Phi) is 4.46. The lowest BCUT2D eigenvalue weighted by atomic mass is 10.2. The van der Waals surface area contributed by atoms with Crippen molar-refractivity contribution in [2.45, 2.75) is 23.8 Å². The molecule has 0 bridgehead atoms. The highest BCUT2D eigenvalue weighted by atomic mass is 32.2. The van der Waals surface area contributed by atoms with E-state index in [4.69, 9.17) is 0 Å². The molecule has 0 radical (unpaired) electrons. The quantitative estimate of drug-likeness (QED) is 0.714. The van der Waals surface area contributed by atoms with Gasteiger partial charge in [-0.25, -0.2) is 9.37 Å². The molecule has 4 rings (SSSR count). The molecule has 1 aliphatic rings. The van der Waals surface area contributed by atoms with Crippen molar-refractivity contribution in [2.75, 3.05) is 11.4 Å². The van der Waals surface area contributed by atoms with Crippen LogP contribution in [-0.4, -0.2) is 32.9 Å². The first-order valence-corrected chi connectivity index (χ1v) is 9.24. The van der Waals surface area contributed by atoms with E-state index in [1.54, 1.807) is 18.2 Å². The van der Waals surface area contributed by atoms with Crippen LogP contribution in [0.5, 0.6) is 0 Å². The number of hydrogen-bond donors (Lipinski definition) is 1. The number of carbonyl (C=O) groups excluding carboxylic acids is 1. The van der Waals surface area contributed by atoms with Crippen LogP contribution in [0.2, 0.25) is 0 Å². The summed E-state index contributed by atoms with van der Waals surface area (Å²) in [5.41, 5.74) is 2.53. The lowest BCUT2D eigenvalue weighted by Crippen LogP contribution is -2.35. The molecule has 0 aliphatic carbocycles. The molecule has 1 amide bonds. The minimum atomic E-state index is -0.363. The van der Waals surface area contributed by atoms with Gasteiger partial charge in [0.05, 0.1) is 10.8 Å². The number of anilines is 1. The van der Waals surface area contributed by atoms with Crippen molar-refractivity contribution in [1.82, 2.24) is 15.2 Å². The maximum atomic E-state index is 13.9. The minimum Gasteiger partial charge on any atom is -0.311 e. The Morgan fingerprint density at radius 1 is 1.23 bits per heavy atom. The van der Waals surface area contributed by atoms with Crippen molar-refractivity contribution >= 4 is 23.4 Å². The van der Waals surface area contributed by atoms with Gasteiger partial charge in [0.15, 0.2) is 5.82 Å². The molecule has 1 unspecified atom stereocenters. The number of aromatic amines is 1. The Bertz CT molecular complexity index is 958. The topological polar surface area (TPSA) is 61.9 Å². The van der Waals surface area contributed by atoms with E-state index in [1.165, 1.54) is 23.4 Å². The molecule has 2 aromatic carbocycles. The van der Waals surface area contributed by atoms with Gasteiger partial charge in [0.2, 0.25) is 11.1 Å². The second kappa shape index (κ2) is 6.92. The molecule has 1 aliphatic heterocycles. The van der Waals surface area contributed by atoms with Gasteiger partial charge in [-0.1, -0.05) is 42.1 Å². The van der Waals surface area contributed by atoms with Gasteiger partial charge in [-0.05, 0) is 37.1 Å². The first-order chi connectivity index (χ1) is 12.6. The van der Waals surface area contributed by atoms with Gasteiger partial charge < -0.3 is 4.90 Å². The lowest BCUT2D eigenvalue weighted by molar-refractivity contribution is -0.117. The number of carbonyl (C=O) groups is 1. The number of fused-ring (bicyclic) bond motifs is 1. The molecular weight excluding hydrogens is 351 g/mol. The molecule has 0 saturated heterocycles. The summed E-state index contributed by atoms with van der Waals surface area (Å²) in [4.78, 5) is 19.0. The van der Waals surface area contributed by atoms with Crippen molar-refractivity contribution in [2.24, 2.45) is 0 Å². The summed E-state index contributed by atoms with van der Waals surface area (Å²) in [5, 5.41) is 6.95. The fraction of sp³-hybridized carbons (Fsp3) is 0.211. The molecule has 0 saturated carbocycles. The highest BCUT2D eigenvalue weighted by Gasteiger charge is 2.29. The Morgan fingerprint density at radius 3 is 2.85 bits per heavy atom. The number of amides is 1. The van der Waals surface area contributed by atoms with Gasteiger partial charge in [0.25, 0.3) is 0 Å². The van der Waals surface area contributed by atoms with Gasteiger partial charge in [-0.2, -0.15) is 0 Å².